The molecule has 1 aromatic heterocycles. The summed E-state index contributed by atoms with van der Waals surface area (Å²) in [4.78, 5) is 20.7. The lowest BCUT2D eigenvalue weighted by Gasteiger charge is -2.38. The lowest BCUT2D eigenvalue weighted by molar-refractivity contribution is -0.159. The second-order valence-electron chi connectivity index (χ2n) is 6.54. The number of nitrogens with zero attached hydrogens (tertiary/aromatic N) is 1. The van der Waals surface area contributed by atoms with Gasteiger partial charge in [-0.05, 0) is 23.8 Å². The van der Waals surface area contributed by atoms with Crippen molar-refractivity contribution in [1.29, 1.82) is 0 Å². The number of likely N-dealkylation sites (tertiary alicyclic amines) is 1. The molecule has 1 aromatic carbocycles. The number of hydrogen-bond acceptors (Lipinski definition) is 5. The number of furan rings is 1. The van der Waals surface area contributed by atoms with Crippen LogP contribution in [0, 0.1) is 0 Å². The summed E-state index contributed by atoms with van der Waals surface area (Å²) in [7, 11) is 0. The minimum absolute atomic E-state index is 0.0450. The highest BCUT2D eigenvalue weighted by Crippen LogP contribution is 2.40. The van der Waals surface area contributed by atoms with E-state index in [9.17, 15) is 0 Å². The molecule has 1 spiro atoms. The van der Waals surface area contributed by atoms with Gasteiger partial charge in [-0.25, -0.2) is 9.59 Å². The van der Waals surface area contributed by atoms with Gasteiger partial charge >= 0.3 is 11.9 Å². The second kappa shape index (κ2) is 7.61. The van der Waals surface area contributed by atoms with Gasteiger partial charge in [-0.1, -0.05) is 18.2 Å². The molecule has 2 aliphatic heterocycles. The fourth-order valence-corrected chi connectivity index (χ4v) is 3.39. The first-order chi connectivity index (χ1) is 12.5. The van der Waals surface area contributed by atoms with Crippen LogP contribution in [0.5, 0.6) is 5.75 Å². The number of fused-ring (bicyclic) bond motifs is 1. The SMILES string of the molecule is O=C(O)C(=O)O.c1coc(CN2CCC3(CC2)Cc2ccccc2O3)c1. The van der Waals surface area contributed by atoms with Crippen LogP contribution in [0.2, 0.25) is 0 Å². The summed E-state index contributed by atoms with van der Waals surface area (Å²) in [6.07, 6.45) is 5.01. The lowest BCUT2D eigenvalue weighted by atomic mass is 9.87. The maximum absolute atomic E-state index is 9.10. The van der Waals surface area contributed by atoms with E-state index in [0.717, 1.165) is 50.4 Å². The Kier molecular flexibility index (Phi) is 5.27. The number of rotatable bonds is 2. The average Bonchev–Trinajstić information content (AvgIpc) is 3.25. The minimum atomic E-state index is -1.82. The van der Waals surface area contributed by atoms with Crippen molar-refractivity contribution in [2.75, 3.05) is 13.1 Å². The van der Waals surface area contributed by atoms with E-state index in [1.807, 2.05) is 12.1 Å². The summed E-state index contributed by atoms with van der Waals surface area (Å²) in [6, 6.07) is 12.5. The van der Waals surface area contributed by atoms with E-state index in [0.29, 0.717) is 0 Å². The summed E-state index contributed by atoms with van der Waals surface area (Å²) >= 11 is 0. The third-order valence-electron chi connectivity index (χ3n) is 4.72. The van der Waals surface area contributed by atoms with E-state index in [1.165, 1.54) is 5.56 Å². The van der Waals surface area contributed by atoms with Crippen molar-refractivity contribution in [3.05, 3.63) is 54.0 Å². The van der Waals surface area contributed by atoms with E-state index in [1.54, 1.807) is 6.26 Å². The molecule has 2 aromatic rings. The number of carboxylic acids is 2. The molecule has 4 rings (SSSR count). The molecule has 0 bridgehead atoms. The van der Waals surface area contributed by atoms with Crippen LogP contribution in [0.4, 0.5) is 0 Å². The molecule has 0 amide bonds. The number of carboxylic acid groups (broad SMARTS) is 2. The Hall–Kier alpha value is -2.80. The molecule has 3 heterocycles. The van der Waals surface area contributed by atoms with Gasteiger partial charge in [-0.3, -0.25) is 4.90 Å². The Balaban J connectivity index is 0.000000286. The third-order valence-corrected chi connectivity index (χ3v) is 4.72. The Morgan fingerprint density at radius 2 is 1.73 bits per heavy atom. The number of carbonyl (C=O) groups is 2. The van der Waals surface area contributed by atoms with Crippen LogP contribution in [-0.4, -0.2) is 45.7 Å². The fourth-order valence-electron chi connectivity index (χ4n) is 3.39. The number of ether oxygens (including phenoxy) is 1. The van der Waals surface area contributed by atoms with Gasteiger partial charge in [0, 0.05) is 32.4 Å². The zero-order valence-corrected chi connectivity index (χ0v) is 14.3. The predicted molar refractivity (Wildman–Crippen MR) is 92.0 cm³/mol. The monoisotopic (exact) mass is 359 g/mol. The van der Waals surface area contributed by atoms with Crippen LogP contribution in [0.1, 0.15) is 24.2 Å². The Labute approximate surface area is 150 Å². The Morgan fingerprint density at radius 1 is 1.04 bits per heavy atom. The first-order valence-corrected chi connectivity index (χ1v) is 8.45. The highest BCUT2D eigenvalue weighted by atomic mass is 16.5. The van der Waals surface area contributed by atoms with Crippen molar-refractivity contribution in [2.45, 2.75) is 31.4 Å². The maximum atomic E-state index is 9.10. The van der Waals surface area contributed by atoms with Crippen LogP contribution in [0.3, 0.4) is 0 Å². The number of para-hydroxylation sites is 1. The molecule has 0 unspecified atom stereocenters. The molecular weight excluding hydrogens is 338 g/mol. The molecule has 7 heteroatoms. The van der Waals surface area contributed by atoms with E-state index in [2.05, 4.69) is 29.2 Å². The van der Waals surface area contributed by atoms with E-state index >= 15 is 0 Å². The van der Waals surface area contributed by atoms with Gasteiger partial charge in [0.2, 0.25) is 0 Å². The molecule has 0 atom stereocenters. The quantitative estimate of drug-likeness (QED) is 0.794. The molecular formula is C19H21NO6. The lowest BCUT2D eigenvalue weighted by Crippen LogP contribution is -2.46. The molecule has 0 aliphatic carbocycles. The second-order valence-corrected chi connectivity index (χ2v) is 6.54. The molecule has 26 heavy (non-hydrogen) atoms. The summed E-state index contributed by atoms with van der Waals surface area (Å²) < 4.78 is 11.7. The number of piperidine rings is 1. The van der Waals surface area contributed by atoms with Crippen molar-refractivity contribution in [2.24, 2.45) is 0 Å². The van der Waals surface area contributed by atoms with E-state index in [4.69, 9.17) is 29.0 Å². The van der Waals surface area contributed by atoms with Crippen LogP contribution in [0.25, 0.3) is 0 Å². The normalized spacial score (nSPS) is 17.7. The minimum Gasteiger partial charge on any atom is -0.487 e. The van der Waals surface area contributed by atoms with Crippen molar-refractivity contribution in [3.8, 4) is 5.75 Å². The van der Waals surface area contributed by atoms with Crippen LogP contribution in [-0.2, 0) is 22.6 Å². The van der Waals surface area contributed by atoms with Crippen molar-refractivity contribution in [1.82, 2.24) is 4.90 Å². The van der Waals surface area contributed by atoms with Crippen molar-refractivity contribution < 1.29 is 29.0 Å². The maximum Gasteiger partial charge on any atom is 0.414 e. The van der Waals surface area contributed by atoms with E-state index in [-0.39, 0.29) is 5.60 Å². The zero-order chi connectivity index (χ0) is 18.6. The fraction of sp³-hybridized carbons (Fsp3) is 0.368. The highest BCUT2D eigenvalue weighted by molar-refractivity contribution is 6.27. The molecule has 2 aliphatic rings. The zero-order valence-electron chi connectivity index (χ0n) is 14.3. The standard InChI is InChI=1S/C17H19NO2.C2H2O4/c1-2-6-16-14(4-1)12-17(20-16)7-9-18(10-8-17)13-15-5-3-11-19-15;3-1(4)2(5)6/h1-6,11H,7-10,12-13H2;(H,3,4)(H,5,6). The summed E-state index contributed by atoms with van der Waals surface area (Å²) in [5, 5.41) is 14.8. The van der Waals surface area contributed by atoms with Crippen molar-refractivity contribution >= 4 is 11.9 Å². The number of benzene rings is 1. The van der Waals surface area contributed by atoms with E-state index < -0.39 is 11.9 Å². The van der Waals surface area contributed by atoms with Gasteiger partial charge in [-0.2, -0.15) is 0 Å². The van der Waals surface area contributed by atoms with Gasteiger partial charge in [0.1, 0.15) is 17.1 Å². The van der Waals surface area contributed by atoms with Gasteiger partial charge < -0.3 is 19.4 Å². The molecule has 1 fully saturated rings. The Morgan fingerprint density at radius 3 is 2.31 bits per heavy atom. The van der Waals surface area contributed by atoms with Crippen LogP contribution in [0.15, 0.2) is 47.1 Å². The smallest absolute Gasteiger partial charge is 0.414 e. The van der Waals surface area contributed by atoms with Gasteiger partial charge in [0.25, 0.3) is 0 Å². The molecule has 7 nitrogen and oxygen atoms in total. The summed E-state index contributed by atoms with van der Waals surface area (Å²) in [6.45, 7) is 3.07. The first-order valence-electron chi connectivity index (χ1n) is 8.45. The third kappa shape index (κ3) is 4.23. The predicted octanol–water partition coefficient (Wildman–Crippen LogP) is 2.40. The first kappa shape index (κ1) is 18.0. The molecule has 0 saturated carbocycles. The molecule has 0 radical (unpaired) electrons. The van der Waals surface area contributed by atoms with Gasteiger partial charge in [0.05, 0.1) is 12.8 Å². The van der Waals surface area contributed by atoms with Gasteiger partial charge in [-0.15, -0.1) is 0 Å². The number of hydrogen-bond donors (Lipinski definition) is 2. The molecule has 138 valence electrons. The Bertz CT molecular complexity index is 723. The van der Waals surface area contributed by atoms with Crippen molar-refractivity contribution in [3.63, 3.8) is 0 Å². The van der Waals surface area contributed by atoms with Gasteiger partial charge in [0.15, 0.2) is 0 Å². The summed E-state index contributed by atoms with van der Waals surface area (Å²) in [5.41, 5.74) is 1.41. The molecule has 1 saturated heterocycles. The topological polar surface area (TPSA) is 100 Å². The average molecular weight is 359 g/mol. The van der Waals surface area contributed by atoms with Crippen LogP contribution >= 0.6 is 0 Å². The highest BCUT2D eigenvalue weighted by Gasteiger charge is 2.41. The largest absolute Gasteiger partial charge is 0.487 e. The number of aliphatic carboxylic acids is 2. The van der Waals surface area contributed by atoms with Crippen LogP contribution < -0.4 is 4.74 Å². The summed E-state index contributed by atoms with van der Waals surface area (Å²) in [5.74, 6) is -1.51. The molecule has 2 N–H and O–H groups in total.